The number of likely N-dealkylation sites (tertiary alicyclic amines) is 1. The molecule has 2 saturated heterocycles. The maximum absolute atomic E-state index is 13.5. The van der Waals surface area contributed by atoms with Crippen LogP contribution < -0.4 is 20.3 Å². The first-order chi connectivity index (χ1) is 22.9. The molecule has 0 aromatic heterocycles. The number of anilines is 1. The fraction of sp³-hybridized carbons (Fsp3) is 0.690. The molecule has 0 aliphatic carbocycles. The number of nitrogens with one attached hydrogen (secondary N) is 2. The van der Waals surface area contributed by atoms with Gasteiger partial charge in [0.05, 0.1) is 18.3 Å². The first-order valence-electron chi connectivity index (χ1n) is 18.9. The minimum atomic E-state index is -0.00556. The summed E-state index contributed by atoms with van der Waals surface area (Å²) >= 11 is 0. The van der Waals surface area contributed by atoms with Crippen molar-refractivity contribution in [3.63, 3.8) is 0 Å². The second kappa shape index (κ2) is 16.6. The smallest absolute Gasteiger partial charge is 0.257 e. The number of hydrogen-bond donors (Lipinski definition) is 2. The Bertz CT molecular complexity index is 1330. The molecular weight excluding hydrogens is 608 g/mol. The monoisotopic (exact) mass is 677 g/mol. The number of para-hydroxylation sites is 1. The number of carbonyl (C=O) groups excluding carboxylic acids is 1. The Morgan fingerprint density at radius 1 is 0.878 bits per heavy atom. The summed E-state index contributed by atoms with van der Waals surface area (Å²) in [6, 6.07) is 17.4. The quantitative estimate of drug-likeness (QED) is 0.197. The molecule has 7 heteroatoms. The van der Waals surface area contributed by atoms with Gasteiger partial charge >= 0.3 is 0 Å². The van der Waals surface area contributed by atoms with E-state index in [0.717, 1.165) is 58.5 Å². The van der Waals surface area contributed by atoms with Crippen LogP contribution in [0.3, 0.4) is 0 Å². The molecule has 2 fully saturated rings. The van der Waals surface area contributed by atoms with E-state index in [2.05, 4.69) is 116 Å². The summed E-state index contributed by atoms with van der Waals surface area (Å²) in [5.41, 5.74) is 3.40. The highest BCUT2D eigenvalue weighted by atomic mass is 16.5. The molecular formula is C42H68N4O3. The Balaban J connectivity index is 1.17. The lowest BCUT2D eigenvalue weighted by Crippen LogP contribution is -2.47. The number of ether oxygens (including phenoxy) is 2. The summed E-state index contributed by atoms with van der Waals surface area (Å²) in [6.45, 7) is 29.5. The molecule has 0 saturated carbocycles. The van der Waals surface area contributed by atoms with Crippen molar-refractivity contribution in [1.82, 2.24) is 15.5 Å². The van der Waals surface area contributed by atoms with E-state index >= 15 is 0 Å². The molecule has 5 atom stereocenters. The van der Waals surface area contributed by atoms with Gasteiger partial charge in [0.25, 0.3) is 5.91 Å². The van der Waals surface area contributed by atoms with Crippen LogP contribution in [0.5, 0.6) is 5.75 Å². The highest BCUT2D eigenvalue weighted by molar-refractivity contribution is 5.97. The van der Waals surface area contributed by atoms with Gasteiger partial charge in [-0.05, 0) is 114 Å². The Morgan fingerprint density at radius 2 is 1.57 bits per heavy atom. The molecule has 274 valence electrons. The van der Waals surface area contributed by atoms with Crippen molar-refractivity contribution in [2.24, 2.45) is 17.3 Å². The largest absolute Gasteiger partial charge is 0.492 e. The average molecular weight is 677 g/mol. The zero-order chi connectivity index (χ0) is 36.0. The van der Waals surface area contributed by atoms with Gasteiger partial charge < -0.3 is 29.9 Å². The normalized spacial score (nSPS) is 20.8. The molecule has 49 heavy (non-hydrogen) atoms. The standard InChI is InChI=1S/C42H68N4O3/c1-30(31(2)28-48-36-22-25-45(27-36)35-18-16-33(17-19-35)32(3)43-41(7,8)9)20-23-42(10,11)44-34-21-24-46(26-34)39(47)37-14-12-13-15-38(37)49-29-40(4,5)6/h12-19,30-32,34,36,43-44H,20-29H2,1-11H3/t30-,31-,32?,34-,36-/m1/s1. The molecule has 2 heterocycles. The summed E-state index contributed by atoms with van der Waals surface area (Å²) < 4.78 is 12.6. The number of rotatable bonds is 15. The number of nitrogens with zero attached hydrogens (tertiary/aromatic N) is 2. The summed E-state index contributed by atoms with van der Waals surface area (Å²) in [6.07, 6.45) is 4.57. The van der Waals surface area contributed by atoms with Crippen LogP contribution in [0.2, 0.25) is 0 Å². The molecule has 2 aliphatic heterocycles. The number of carbonyl (C=O) groups is 1. The van der Waals surface area contributed by atoms with Crippen LogP contribution in [0.15, 0.2) is 48.5 Å². The Hall–Kier alpha value is -2.61. The Kier molecular flexibility index (Phi) is 13.3. The van der Waals surface area contributed by atoms with Gasteiger partial charge in [0.2, 0.25) is 0 Å². The number of amides is 1. The summed E-state index contributed by atoms with van der Waals surface area (Å²) in [4.78, 5) is 18.0. The van der Waals surface area contributed by atoms with E-state index in [1.807, 2.05) is 29.2 Å². The van der Waals surface area contributed by atoms with E-state index in [-0.39, 0.29) is 22.4 Å². The van der Waals surface area contributed by atoms with Crippen LogP contribution >= 0.6 is 0 Å². The predicted molar refractivity (Wildman–Crippen MR) is 205 cm³/mol. The minimum Gasteiger partial charge on any atom is -0.492 e. The van der Waals surface area contributed by atoms with Gasteiger partial charge in [0, 0.05) is 61.6 Å². The van der Waals surface area contributed by atoms with E-state index in [1.165, 1.54) is 11.3 Å². The van der Waals surface area contributed by atoms with Crippen LogP contribution in [-0.2, 0) is 4.74 Å². The average Bonchev–Trinajstić information content (AvgIpc) is 3.70. The molecule has 1 amide bonds. The highest BCUT2D eigenvalue weighted by Gasteiger charge is 2.32. The van der Waals surface area contributed by atoms with Gasteiger partial charge in [-0.25, -0.2) is 0 Å². The van der Waals surface area contributed by atoms with Gasteiger partial charge in [-0.1, -0.05) is 58.9 Å². The third kappa shape index (κ3) is 12.3. The van der Waals surface area contributed by atoms with Gasteiger partial charge in [0.15, 0.2) is 0 Å². The van der Waals surface area contributed by atoms with E-state index in [0.29, 0.717) is 47.9 Å². The number of benzene rings is 2. The van der Waals surface area contributed by atoms with Crippen molar-refractivity contribution < 1.29 is 14.3 Å². The first kappa shape index (κ1) is 39.2. The van der Waals surface area contributed by atoms with Crippen LogP contribution in [-0.4, -0.2) is 73.4 Å². The first-order valence-corrected chi connectivity index (χ1v) is 18.9. The highest BCUT2D eigenvalue weighted by Crippen LogP contribution is 2.29. The van der Waals surface area contributed by atoms with Gasteiger partial charge in [-0.3, -0.25) is 4.79 Å². The molecule has 2 aliphatic rings. The Morgan fingerprint density at radius 3 is 2.24 bits per heavy atom. The second-order valence-corrected chi connectivity index (χ2v) is 18.0. The van der Waals surface area contributed by atoms with Crippen molar-refractivity contribution in [3.8, 4) is 5.75 Å². The minimum absolute atomic E-state index is 0.00556. The van der Waals surface area contributed by atoms with E-state index in [4.69, 9.17) is 9.47 Å². The zero-order valence-electron chi connectivity index (χ0n) is 32.7. The zero-order valence-corrected chi connectivity index (χ0v) is 32.7. The number of hydrogen-bond acceptors (Lipinski definition) is 6. The van der Waals surface area contributed by atoms with E-state index < -0.39 is 0 Å². The molecule has 7 nitrogen and oxygen atoms in total. The van der Waals surface area contributed by atoms with Crippen LogP contribution in [0.25, 0.3) is 0 Å². The fourth-order valence-electron chi connectivity index (χ4n) is 7.05. The lowest BCUT2D eigenvalue weighted by molar-refractivity contribution is 0.0316. The molecule has 0 radical (unpaired) electrons. The SMILES string of the molecule is CC(NC(C)(C)C)c1ccc(N2CC[C@@H](OC[C@@H](C)[C@H](C)CCC(C)(C)N[C@@H]3CCN(C(=O)c4ccccc4OCC(C)(C)C)C3)C2)cc1. The molecule has 0 bridgehead atoms. The lowest BCUT2D eigenvalue weighted by atomic mass is 9.86. The van der Waals surface area contributed by atoms with Crippen molar-refractivity contribution in [1.29, 1.82) is 0 Å². The molecule has 2 aromatic rings. The van der Waals surface area contributed by atoms with Gasteiger partial charge in [-0.2, -0.15) is 0 Å². The third-order valence-corrected chi connectivity index (χ3v) is 10.2. The van der Waals surface area contributed by atoms with Crippen LogP contribution in [0, 0.1) is 17.3 Å². The van der Waals surface area contributed by atoms with Gasteiger partial charge in [-0.15, -0.1) is 0 Å². The Labute approximate surface area is 298 Å². The van der Waals surface area contributed by atoms with Crippen molar-refractivity contribution in [2.75, 3.05) is 44.3 Å². The molecule has 1 unspecified atom stereocenters. The predicted octanol–water partition coefficient (Wildman–Crippen LogP) is 8.49. The summed E-state index contributed by atoms with van der Waals surface area (Å²) in [5.74, 6) is 1.82. The third-order valence-electron chi connectivity index (χ3n) is 10.2. The van der Waals surface area contributed by atoms with Crippen molar-refractivity contribution >= 4 is 11.6 Å². The maximum atomic E-state index is 13.5. The van der Waals surface area contributed by atoms with E-state index in [9.17, 15) is 4.79 Å². The molecule has 2 aromatic carbocycles. The van der Waals surface area contributed by atoms with Crippen molar-refractivity contribution in [3.05, 3.63) is 59.7 Å². The summed E-state index contributed by atoms with van der Waals surface area (Å²) in [5, 5.41) is 7.56. The van der Waals surface area contributed by atoms with E-state index in [1.54, 1.807) is 0 Å². The van der Waals surface area contributed by atoms with Gasteiger partial charge in [0.1, 0.15) is 5.75 Å². The topological polar surface area (TPSA) is 66.1 Å². The van der Waals surface area contributed by atoms with Crippen molar-refractivity contribution in [2.45, 2.75) is 131 Å². The molecule has 4 rings (SSSR count). The second-order valence-electron chi connectivity index (χ2n) is 18.0. The van der Waals surface area contributed by atoms with Crippen LogP contribution in [0.1, 0.15) is 124 Å². The molecule has 2 N–H and O–H groups in total. The van der Waals surface area contributed by atoms with Crippen LogP contribution in [0.4, 0.5) is 5.69 Å². The molecule has 0 spiro atoms. The maximum Gasteiger partial charge on any atom is 0.257 e. The lowest BCUT2D eigenvalue weighted by Gasteiger charge is -2.32. The summed E-state index contributed by atoms with van der Waals surface area (Å²) in [7, 11) is 0. The fourth-order valence-corrected chi connectivity index (χ4v) is 7.05.